The molecular formula is C10H14NO3+. The number of quaternary nitrogens is 1. The van der Waals surface area contributed by atoms with Crippen LogP contribution in [-0.4, -0.2) is 20.2 Å². The van der Waals surface area contributed by atoms with Gasteiger partial charge in [-0.2, -0.15) is 0 Å². The third-order valence-corrected chi connectivity index (χ3v) is 2.00. The highest BCUT2D eigenvalue weighted by Gasteiger charge is 2.23. The van der Waals surface area contributed by atoms with Gasteiger partial charge in [0.2, 0.25) is 6.04 Å². The number of ether oxygens (including phenoxy) is 2. The molecule has 14 heavy (non-hydrogen) atoms. The van der Waals surface area contributed by atoms with Crippen molar-refractivity contribution in [2.24, 2.45) is 0 Å². The molecule has 0 fully saturated rings. The van der Waals surface area contributed by atoms with Gasteiger partial charge in [0.05, 0.1) is 19.8 Å². The van der Waals surface area contributed by atoms with Gasteiger partial charge in [-0.25, -0.2) is 4.79 Å². The van der Waals surface area contributed by atoms with Crippen molar-refractivity contribution < 1.29 is 20.0 Å². The lowest BCUT2D eigenvalue weighted by atomic mass is 10.1. The van der Waals surface area contributed by atoms with Crippen LogP contribution in [0.1, 0.15) is 11.6 Å². The maximum Gasteiger partial charge on any atom is 0.369 e. The van der Waals surface area contributed by atoms with Gasteiger partial charge in [-0.15, -0.1) is 0 Å². The lowest BCUT2D eigenvalue weighted by Crippen LogP contribution is -2.57. The van der Waals surface area contributed by atoms with Gasteiger partial charge >= 0.3 is 5.97 Å². The molecule has 0 heterocycles. The molecule has 0 aliphatic heterocycles. The van der Waals surface area contributed by atoms with Crippen molar-refractivity contribution in [3.05, 3.63) is 29.8 Å². The molecule has 0 radical (unpaired) electrons. The summed E-state index contributed by atoms with van der Waals surface area (Å²) in [6.07, 6.45) is 0. The molecule has 0 aromatic heterocycles. The fourth-order valence-electron chi connectivity index (χ4n) is 1.22. The van der Waals surface area contributed by atoms with Gasteiger partial charge in [-0.1, -0.05) is 12.1 Å². The normalized spacial score (nSPS) is 11.9. The quantitative estimate of drug-likeness (QED) is 0.700. The Labute approximate surface area is 82.6 Å². The van der Waals surface area contributed by atoms with E-state index in [9.17, 15) is 4.79 Å². The van der Waals surface area contributed by atoms with Crippen molar-refractivity contribution in [2.75, 3.05) is 14.2 Å². The summed E-state index contributed by atoms with van der Waals surface area (Å²) >= 11 is 0. The third kappa shape index (κ3) is 2.03. The van der Waals surface area contributed by atoms with Crippen LogP contribution in [0.25, 0.3) is 0 Å². The zero-order valence-electron chi connectivity index (χ0n) is 8.32. The first kappa shape index (κ1) is 10.5. The maximum atomic E-state index is 11.2. The average molecular weight is 196 g/mol. The van der Waals surface area contributed by atoms with E-state index in [1.54, 1.807) is 19.2 Å². The van der Waals surface area contributed by atoms with Gasteiger partial charge in [-0.3, -0.25) is 0 Å². The summed E-state index contributed by atoms with van der Waals surface area (Å²) in [4.78, 5) is 11.2. The first-order valence-corrected chi connectivity index (χ1v) is 4.24. The third-order valence-electron chi connectivity index (χ3n) is 2.00. The molecule has 0 unspecified atom stereocenters. The smallest absolute Gasteiger partial charge is 0.369 e. The molecule has 76 valence electrons. The fraction of sp³-hybridized carbons (Fsp3) is 0.300. The summed E-state index contributed by atoms with van der Waals surface area (Å²) in [7, 11) is 2.90. The minimum absolute atomic E-state index is 0.366. The Morgan fingerprint density at radius 2 is 2.00 bits per heavy atom. The summed E-state index contributed by atoms with van der Waals surface area (Å²) in [5, 5.41) is 0. The van der Waals surface area contributed by atoms with Crippen LogP contribution in [0.4, 0.5) is 0 Å². The average Bonchev–Trinajstić information content (AvgIpc) is 2.26. The van der Waals surface area contributed by atoms with Gasteiger partial charge in [0.15, 0.2) is 0 Å². The molecule has 4 heteroatoms. The number of hydrogen-bond acceptors (Lipinski definition) is 3. The van der Waals surface area contributed by atoms with Crippen LogP contribution in [0.2, 0.25) is 0 Å². The number of methoxy groups -OCH3 is 2. The second-order valence-corrected chi connectivity index (χ2v) is 2.82. The summed E-state index contributed by atoms with van der Waals surface area (Å²) < 4.78 is 9.72. The van der Waals surface area contributed by atoms with Crippen molar-refractivity contribution in [3.8, 4) is 5.75 Å². The minimum atomic E-state index is -0.545. The Kier molecular flexibility index (Phi) is 3.48. The Hall–Kier alpha value is -1.55. The highest BCUT2D eigenvalue weighted by Crippen LogP contribution is 2.22. The molecule has 0 aliphatic rings. The van der Waals surface area contributed by atoms with E-state index in [0.29, 0.717) is 5.75 Å². The summed E-state index contributed by atoms with van der Waals surface area (Å²) in [6, 6.07) is 6.71. The summed E-state index contributed by atoms with van der Waals surface area (Å²) in [5.41, 5.74) is 4.47. The highest BCUT2D eigenvalue weighted by atomic mass is 16.5. The number of carbonyl (C=O) groups excluding carboxylic acids is 1. The molecule has 1 aromatic rings. The number of para-hydroxylation sites is 1. The molecule has 0 bridgehead atoms. The maximum absolute atomic E-state index is 11.2. The summed E-state index contributed by atoms with van der Waals surface area (Å²) in [6.45, 7) is 0. The molecular weight excluding hydrogens is 182 g/mol. The van der Waals surface area contributed by atoms with Gasteiger partial charge in [0, 0.05) is 0 Å². The van der Waals surface area contributed by atoms with Crippen LogP contribution in [0.5, 0.6) is 5.75 Å². The second kappa shape index (κ2) is 4.62. The van der Waals surface area contributed by atoms with Gasteiger partial charge in [0.1, 0.15) is 5.75 Å². The Bertz CT molecular complexity index is 325. The molecule has 3 N–H and O–H groups in total. The highest BCUT2D eigenvalue weighted by molar-refractivity contribution is 5.76. The molecule has 0 saturated carbocycles. The van der Waals surface area contributed by atoms with E-state index in [1.165, 1.54) is 7.11 Å². The van der Waals surface area contributed by atoms with Crippen LogP contribution in [0, 0.1) is 0 Å². The van der Waals surface area contributed by atoms with Crippen LogP contribution < -0.4 is 10.5 Å². The van der Waals surface area contributed by atoms with Crippen molar-refractivity contribution in [2.45, 2.75) is 6.04 Å². The van der Waals surface area contributed by atoms with Crippen LogP contribution in [0.15, 0.2) is 24.3 Å². The van der Waals surface area contributed by atoms with E-state index in [-0.39, 0.29) is 5.97 Å². The van der Waals surface area contributed by atoms with E-state index < -0.39 is 6.04 Å². The Morgan fingerprint density at radius 3 is 2.57 bits per heavy atom. The zero-order valence-corrected chi connectivity index (χ0v) is 8.32. The molecule has 1 aromatic carbocycles. The van der Waals surface area contributed by atoms with Crippen molar-refractivity contribution >= 4 is 5.97 Å². The lowest BCUT2D eigenvalue weighted by molar-refractivity contribution is -0.414. The van der Waals surface area contributed by atoms with E-state index in [0.717, 1.165) is 5.56 Å². The number of hydrogen-bond donors (Lipinski definition) is 1. The fourth-order valence-corrected chi connectivity index (χ4v) is 1.22. The number of esters is 1. The van der Waals surface area contributed by atoms with Gasteiger partial charge in [0.25, 0.3) is 0 Å². The largest absolute Gasteiger partial charge is 0.496 e. The first-order valence-electron chi connectivity index (χ1n) is 4.24. The minimum Gasteiger partial charge on any atom is -0.496 e. The van der Waals surface area contributed by atoms with Crippen LogP contribution >= 0.6 is 0 Å². The van der Waals surface area contributed by atoms with E-state index >= 15 is 0 Å². The predicted octanol–water partition coefficient (Wildman–Crippen LogP) is 0.151. The molecule has 0 saturated heterocycles. The Morgan fingerprint density at radius 1 is 1.36 bits per heavy atom. The van der Waals surface area contributed by atoms with Crippen molar-refractivity contribution in [3.63, 3.8) is 0 Å². The molecule has 1 atom stereocenters. The van der Waals surface area contributed by atoms with Gasteiger partial charge in [-0.05, 0) is 12.1 Å². The van der Waals surface area contributed by atoms with Crippen LogP contribution in [0.3, 0.4) is 0 Å². The topological polar surface area (TPSA) is 63.2 Å². The number of rotatable bonds is 3. The predicted molar refractivity (Wildman–Crippen MR) is 50.6 cm³/mol. The SMILES string of the molecule is COC(=O)[C@@H]([NH3+])c1ccccc1OC. The van der Waals surface area contributed by atoms with E-state index in [1.807, 2.05) is 12.1 Å². The standard InChI is InChI=1S/C10H13NO3/c1-13-8-6-4-3-5-7(8)9(11)10(12)14-2/h3-6,9H,11H2,1-2H3/p+1/t9-/m0/s1. The van der Waals surface area contributed by atoms with Crippen molar-refractivity contribution in [1.29, 1.82) is 0 Å². The zero-order chi connectivity index (χ0) is 10.6. The van der Waals surface area contributed by atoms with Crippen molar-refractivity contribution in [1.82, 2.24) is 0 Å². The van der Waals surface area contributed by atoms with Gasteiger partial charge < -0.3 is 15.2 Å². The summed E-state index contributed by atoms with van der Waals surface area (Å²) in [5.74, 6) is 0.285. The van der Waals surface area contributed by atoms with E-state index in [2.05, 4.69) is 10.5 Å². The second-order valence-electron chi connectivity index (χ2n) is 2.82. The molecule has 1 rings (SSSR count). The molecule has 4 nitrogen and oxygen atoms in total. The Balaban J connectivity index is 2.99. The number of carbonyl (C=O) groups is 1. The molecule has 0 amide bonds. The monoisotopic (exact) mass is 196 g/mol. The first-order chi connectivity index (χ1) is 6.70. The molecule has 0 aliphatic carbocycles. The molecule has 0 spiro atoms. The van der Waals surface area contributed by atoms with E-state index in [4.69, 9.17) is 4.74 Å². The van der Waals surface area contributed by atoms with Crippen LogP contribution in [-0.2, 0) is 9.53 Å². The number of benzene rings is 1. The lowest BCUT2D eigenvalue weighted by Gasteiger charge is -2.10.